The Bertz CT molecular complexity index is 920. The second kappa shape index (κ2) is 7.45. The van der Waals surface area contributed by atoms with E-state index in [1.807, 2.05) is 0 Å². The molecule has 2 rings (SSSR count). The summed E-state index contributed by atoms with van der Waals surface area (Å²) in [5.41, 5.74) is 0.317. The highest BCUT2D eigenvalue weighted by Gasteiger charge is 2.23. The molecule has 0 aliphatic carbocycles. The van der Waals surface area contributed by atoms with Gasteiger partial charge < -0.3 is 9.84 Å². The number of halogens is 1. The van der Waals surface area contributed by atoms with Crippen molar-refractivity contribution < 1.29 is 18.8 Å². The predicted octanol–water partition coefficient (Wildman–Crippen LogP) is 3.16. The Kier molecular flexibility index (Phi) is 5.74. The minimum Gasteiger partial charge on any atom is -0.494 e. The van der Waals surface area contributed by atoms with Crippen LogP contribution in [0.4, 0.5) is 5.69 Å². The van der Waals surface area contributed by atoms with Gasteiger partial charge in [-0.05, 0) is 12.1 Å². The standard InChI is InChI=1S/C16H20ClN3O4S/c1-5-25(23,6-2)19-14-12(24-4)8-7-10(13(14)17)15(21)11-9-18-20(3)16(11)22/h7-9,22H,5-6H2,1-4H3. The third-order valence-corrected chi connectivity index (χ3v) is 6.56. The van der Waals surface area contributed by atoms with Gasteiger partial charge in [0, 0.05) is 24.1 Å². The Morgan fingerprint density at radius 1 is 1.36 bits per heavy atom. The van der Waals surface area contributed by atoms with Crippen LogP contribution in [0.5, 0.6) is 11.6 Å². The molecule has 0 spiro atoms. The number of ether oxygens (including phenoxy) is 1. The highest BCUT2D eigenvalue weighted by atomic mass is 35.5. The van der Waals surface area contributed by atoms with Gasteiger partial charge in [0.1, 0.15) is 17.0 Å². The minimum atomic E-state index is -2.50. The van der Waals surface area contributed by atoms with Crippen molar-refractivity contribution in [2.24, 2.45) is 11.4 Å². The Balaban J connectivity index is 2.67. The zero-order chi connectivity index (χ0) is 18.8. The molecule has 2 aromatic rings. The largest absolute Gasteiger partial charge is 0.494 e. The number of rotatable bonds is 6. The summed E-state index contributed by atoms with van der Waals surface area (Å²) in [5.74, 6) is 0.261. The number of ketones is 1. The first-order valence-corrected chi connectivity index (χ1v) is 9.85. The lowest BCUT2D eigenvalue weighted by Crippen LogP contribution is -2.06. The number of hydrogen-bond acceptors (Lipinski definition) is 6. The Morgan fingerprint density at radius 2 is 2.00 bits per heavy atom. The first kappa shape index (κ1) is 19.3. The van der Waals surface area contributed by atoms with Crippen molar-refractivity contribution in [3.05, 3.63) is 34.5 Å². The van der Waals surface area contributed by atoms with Gasteiger partial charge in [-0.1, -0.05) is 25.4 Å². The molecule has 1 heterocycles. The van der Waals surface area contributed by atoms with Gasteiger partial charge in [-0.25, -0.2) is 8.89 Å². The molecule has 0 atom stereocenters. The van der Waals surface area contributed by atoms with Gasteiger partial charge >= 0.3 is 0 Å². The summed E-state index contributed by atoms with van der Waals surface area (Å²) < 4.78 is 23.4. The molecule has 0 amide bonds. The first-order chi connectivity index (χ1) is 11.8. The number of carbonyl (C=O) groups excluding carboxylic acids is 1. The summed E-state index contributed by atoms with van der Waals surface area (Å²) in [7, 11) is 0.457. The summed E-state index contributed by atoms with van der Waals surface area (Å²) in [6.45, 7) is 3.55. The van der Waals surface area contributed by atoms with Gasteiger partial charge in [-0.3, -0.25) is 4.79 Å². The van der Waals surface area contributed by atoms with Crippen LogP contribution in [0.25, 0.3) is 0 Å². The molecule has 0 radical (unpaired) electrons. The zero-order valence-electron chi connectivity index (χ0n) is 14.4. The second-order valence-electron chi connectivity index (χ2n) is 5.25. The average Bonchev–Trinajstić information content (AvgIpc) is 2.95. The Hall–Kier alpha value is -2.06. The van der Waals surface area contributed by atoms with E-state index in [4.69, 9.17) is 16.3 Å². The summed E-state index contributed by atoms with van der Waals surface area (Å²) in [4.78, 5) is 12.7. The van der Waals surface area contributed by atoms with Crippen molar-refractivity contribution in [2.45, 2.75) is 13.8 Å². The molecular formula is C16H20ClN3O4S. The van der Waals surface area contributed by atoms with Gasteiger partial charge in [-0.2, -0.15) is 9.46 Å². The van der Waals surface area contributed by atoms with Crippen molar-refractivity contribution in [1.82, 2.24) is 9.78 Å². The molecule has 7 nitrogen and oxygen atoms in total. The maximum atomic E-state index is 12.7. The topological polar surface area (TPSA) is 93.8 Å². The van der Waals surface area contributed by atoms with E-state index in [-0.39, 0.29) is 27.7 Å². The third-order valence-electron chi connectivity index (χ3n) is 3.86. The number of nitrogens with zero attached hydrogens (tertiary/aromatic N) is 3. The van der Waals surface area contributed by atoms with E-state index in [2.05, 4.69) is 9.46 Å². The van der Waals surface area contributed by atoms with Crippen LogP contribution < -0.4 is 4.74 Å². The number of aromatic hydroxyl groups is 1. The quantitative estimate of drug-likeness (QED) is 0.771. The molecule has 0 unspecified atom stereocenters. The fraction of sp³-hybridized carbons (Fsp3) is 0.375. The van der Waals surface area contributed by atoms with Crippen molar-refractivity contribution in [1.29, 1.82) is 0 Å². The van der Waals surface area contributed by atoms with E-state index in [9.17, 15) is 14.1 Å². The molecule has 136 valence electrons. The number of aryl methyl sites for hydroxylation is 1. The molecule has 25 heavy (non-hydrogen) atoms. The monoisotopic (exact) mass is 385 g/mol. The fourth-order valence-electron chi connectivity index (χ4n) is 2.21. The Morgan fingerprint density at radius 3 is 2.48 bits per heavy atom. The summed E-state index contributed by atoms with van der Waals surface area (Å²) in [5, 5.41) is 13.8. The summed E-state index contributed by atoms with van der Waals surface area (Å²) in [6.07, 6.45) is 1.26. The maximum absolute atomic E-state index is 12.7. The normalized spacial score (nSPS) is 11.4. The molecular weight excluding hydrogens is 366 g/mol. The van der Waals surface area contributed by atoms with Crippen LogP contribution in [0.2, 0.25) is 5.02 Å². The van der Waals surface area contributed by atoms with Crippen LogP contribution >= 0.6 is 11.6 Å². The lowest BCUT2D eigenvalue weighted by molar-refractivity contribution is 0.103. The number of methoxy groups -OCH3 is 1. The molecule has 0 bridgehead atoms. The highest BCUT2D eigenvalue weighted by Crippen LogP contribution is 2.40. The van der Waals surface area contributed by atoms with E-state index in [0.29, 0.717) is 17.3 Å². The summed E-state index contributed by atoms with van der Waals surface area (Å²) >= 11 is 6.39. The van der Waals surface area contributed by atoms with E-state index >= 15 is 0 Å². The van der Waals surface area contributed by atoms with Crippen molar-refractivity contribution >= 4 is 32.8 Å². The van der Waals surface area contributed by atoms with Crippen molar-refractivity contribution in [3.8, 4) is 11.6 Å². The van der Waals surface area contributed by atoms with Crippen LogP contribution in [0, 0.1) is 0 Å². The minimum absolute atomic E-state index is 0.0206. The van der Waals surface area contributed by atoms with Crippen molar-refractivity contribution in [2.75, 3.05) is 18.6 Å². The third kappa shape index (κ3) is 3.64. The molecule has 1 aromatic heterocycles. The van der Waals surface area contributed by atoms with Crippen molar-refractivity contribution in [3.63, 3.8) is 0 Å². The lowest BCUT2D eigenvalue weighted by Gasteiger charge is -2.12. The van der Waals surface area contributed by atoms with Crippen LogP contribution in [-0.2, 0) is 16.8 Å². The van der Waals surface area contributed by atoms with Gasteiger partial charge in [0.2, 0.25) is 11.7 Å². The SMILES string of the molecule is CCS(=O)(CC)=Nc1c(OC)ccc(C(=O)c2cnn(C)c2O)c1Cl. The number of hydrogen-bond donors (Lipinski definition) is 1. The van der Waals surface area contributed by atoms with Crippen LogP contribution in [-0.4, -0.2) is 43.5 Å². The second-order valence-corrected chi connectivity index (χ2v) is 8.51. The fourth-order valence-corrected chi connectivity index (χ4v) is 3.72. The Labute approximate surface area is 151 Å². The van der Waals surface area contributed by atoms with Gasteiger partial charge in [-0.15, -0.1) is 0 Å². The van der Waals surface area contributed by atoms with Gasteiger partial charge in [0.25, 0.3) is 0 Å². The molecule has 0 saturated heterocycles. The lowest BCUT2D eigenvalue weighted by atomic mass is 10.0. The number of benzene rings is 1. The maximum Gasteiger partial charge on any atom is 0.220 e. The molecule has 1 N–H and O–H groups in total. The van der Waals surface area contributed by atoms with Gasteiger partial charge in [0.15, 0.2) is 0 Å². The smallest absolute Gasteiger partial charge is 0.220 e. The molecule has 0 aliphatic rings. The van der Waals surface area contributed by atoms with E-state index in [1.165, 1.54) is 37.2 Å². The molecule has 0 saturated carbocycles. The van der Waals surface area contributed by atoms with E-state index in [1.54, 1.807) is 13.8 Å². The summed E-state index contributed by atoms with van der Waals surface area (Å²) in [6, 6.07) is 3.02. The predicted molar refractivity (Wildman–Crippen MR) is 97.6 cm³/mol. The van der Waals surface area contributed by atoms with Crippen LogP contribution in [0.3, 0.4) is 0 Å². The molecule has 0 fully saturated rings. The number of carbonyl (C=O) groups is 1. The zero-order valence-corrected chi connectivity index (χ0v) is 16.0. The molecule has 9 heteroatoms. The van der Waals surface area contributed by atoms with E-state index < -0.39 is 15.5 Å². The average molecular weight is 386 g/mol. The molecule has 0 aliphatic heterocycles. The van der Waals surface area contributed by atoms with E-state index in [0.717, 1.165) is 0 Å². The highest BCUT2D eigenvalue weighted by molar-refractivity contribution is 7.93. The van der Waals surface area contributed by atoms with Gasteiger partial charge in [0.05, 0.1) is 28.1 Å². The number of aromatic nitrogens is 2. The van der Waals surface area contributed by atoms with Crippen LogP contribution in [0.1, 0.15) is 29.8 Å². The molecule has 1 aromatic carbocycles. The van der Waals surface area contributed by atoms with Crippen LogP contribution in [0.15, 0.2) is 22.7 Å². The first-order valence-electron chi connectivity index (χ1n) is 7.62.